The smallest absolute Gasteiger partial charge is 0.149 e. The van der Waals surface area contributed by atoms with Gasteiger partial charge in [0.15, 0.2) is 0 Å². The molecule has 6 rings (SSSR count). The first-order chi connectivity index (χ1) is 14.7. The van der Waals surface area contributed by atoms with Crippen LogP contribution in [0.1, 0.15) is 5.69 Å². The molecule has 3 aromatic heterocycles. The lowest BCUT2D eigenvalue weighted by Gasteiger charge is -2.09. The number of para-hydroxylation sites is 2. The van der Waals surface area contributed by atoms with Crippen LogP contribution in [-0.4, -0.2) is 14.5 Å². The highest BCUT2D eigenvalue weighted by molar-refractivity contribution is 6.09. The van der Waals surface area contributed by atoms with Crippen molar-refractivity contribution in [3.05, 3.63) is 90.5 Å². The van der Waals surface area contributed by atoms with Gasteiger partial charge in [-0.25, -0.2) is 9.37 Å². The molecule has 0 saturated heterocycles. The molecule has 0 aliphatic rings. The average Bonchev–Trinajstić information content (AvgIpc) is 3.33. The van der Waals surface area contributed by atoms with E-state index in [-0.39, 0.29) is 5.82 Å². The summed E-state index contributed by atoms with van der Waals surface area (Å²) in [6, 6.07) is 22.7. The van der Waals surface area contributed by atoms with Crippen molar-refractivity contribution in [3.63, 3.8) is 0 Å². The third-order valence-electron chi connectivity index (χ3n) is 5.47. The molecule has 4 nitrogen and oxygen atoms in total. The Balaban J connectivity index is 1.75. The van der Waals surface area contributed by atoms with Gasteiger partial charge in [-0.2, -0.15) is 0 Å². The summed E-state index contributed by atoms with van der Waals surface area (Å²) in [4.78, 5) is 9.38. The molecule has 144 valence electrons. The van der Waals surface area contributed by atoms with Crippen molar-refractivity contribution in [3.8, 4) is 17.1 Å². The van der Waals surface area contributed by atoms with E-state index in [4.69, 9.17) is 9.40 Å². The second kappa shape index (κ2) is 6.26. The van der Waals surface area contributed by atoms with Crippen molar-refractivity contribution in [2.45, 2.75) is 6.92 Å². The first-order valence-corrected chi connectivity index (χ1v) is 9.71. The van der Waals surface area contributed by atoms with E-state index in [9.17, 15) is 4.39 Å². The zero-order valence-electron chi connectivity index (χ0n) is 16.1. The molecule has 0 fully saturated rings. The van der Waals surface area contributed by atoms with Crippen LogP contribution in [0.4, 0.5) is 4.39 Å². The van der Waals surface area contributed by atoms with Crippen LogP contribution in [-0.2, 0) is 0 Å². The number of nitrogens with zero attached hydrogens (tertiary/aromatic N) is 3. The van der Waals surface area contributed by atoms with E-state index in [1.54, 1.807) is 12.3 Å². The third-order valence-corrected chi connectivity index (χ3v) is 5.47. The number of aryl methyl sites for hydroxylation is 1. The van der Waals surface area contributed by atoms with Gasteiger partial charge in [-0.1, -0.05) is 30.3 Å². The number of benzene rings is 3. The Bertz CT molecular complexity index is 1560. The molecule has 3 aromatic carbocycles. The summed E-state index contributed by atoms with van der Waals surface area (Å²) in [5.41, 5.74) is 5.75. The quantitative estimate of drug-likeness (QED) is 0.340. The van der Waals surface area contributed by atoms with Crippen molar-refractivity contribution in [2.24, 2.45) is 0 Å². The number of rotatable bonds is 2. The molecule has 0 aliphatic carbocycles. The summed E-state index contributed by atoms with van der Waals surface area (Å²) in [7, 11) is 0. The van der Waals surface area contributed by atoms with Crippen molar-refractivity contribution in [1.29, 1.82) is 0 Å². The summed E-state index contributed by atoms with van der Waals surface area (Å²) >= 11 is 0. The highest BCUT2D eigenvalue weighted by Crippen LogP contribution is 2.38. The zero-order valence-corrected chi connectivity index (χ0v) is 16.1. The minimum absolute atomic E-state index is 0.318. The second-order valence-corrected chi connectivity index (χ2v) is 7.30. The van der Waals surface area contributed by atoms with Gasteiger partial charge in [-0.05, 0) is 43.3 Å². The lowest BCUT2D eigenvalue weighted by molar-refractivity contribution is 0.618. The first kappa shape index (κ1) is 16.9. The van der Waals surface area contributed by atoms with E-state index < -0.39 is 0 Å². The van der Waals surface area contributed by atoms with Crippen LogP contribution in [0.3, 0.4) is 0 Å². The number of hydrogen-bond donors (Lipinski definition) is 0. The van der Waals surface area contributed by atoms with Crippen LogP contribution in [0.25, 0.3) is 50.0 Å². The fraction of sp³-hybridized carbons (Fsp3) is 0.0400. The normalized spacial score (nSPS) is 11.7. The SMILES string of the molecule is Cc1nccc2c1nc(-c1cccc3c1oc1cc(F)ccc13)n2-c1ccccc1. The Kier molecular flexibility index (Phi) is 3.53. The molecule has 0 aliphatic heterocycles. The first-order valence-electron chi connectivity index (χ1n) is 9.71. The van der Waals surface area contributed by atoms with Crippen LogP contribution >= 0.6 is 0 Å². The minimum Gasteiger partial charge on any atom is -0.455 e. The van der Waals surface area contributed by atoms with Crippen LogP contribution in [0.5, 0.6) is 0 Å². The number of aromatic nitrogens is 3. The van der Waals surface area contributed by atoms with Gasteiger partial charge in [-0.15, -0.1) is 0 Å². The Morgan fingerprint density at radius 3 is 2.63 bits per heavy atom. The molecule has 5 heteroatoms. The number of fused-ring (bicyclic) bond motifs is 4. The topological polar surface area (TPSA) is 43.9 Å². The molecule has 0 bridgehead atoms. The highest BCUT2D eigenvalue weighted by atomic mass is 19.1. The zero-order chi connectivity index (χ0) is 20.2. The van der Waals surface area contributed by atoms with Gasteiger partial charge in [0.05, 0.1) is 16.8 Å². The fourth-order valence-electron chi connectivity index (χ4n) is 4.10. The second-order valence-electron chi connectivity index (χ2n) is 7.30. The van der Waals surface area contributed by atoms with Gasteiger partial charge in [0.2, 0.25) is 0 Å². The van der Waals surface area contributed by atoms with Crippen LogP contribution < -0.4 is 0 Å². The van der Waals surface area contributed by atoms with Crippen LogP contribution in [0.2, 0.25) is 0 Å². The number of imidazole rings is 1. The Hall–Kier alpha value is -3.99. The van der Waals surface area contributed by atoms with E-state index in [0.29, 0.717) is 11.2 Å². The monoisotopic (exact) mass is 393 g/mol. The average molecular weight is 393 g/mol. The summed E-state index contributed by atoms with van der Waals surface area (Å²) in [6.45, 7) is 1.96. The van der Waals surface area contributed by atoms with Gasteiger partial charge in [0, 0.05) is 28.7 Å². The van der Waals surface area contributed by atoms with Crippen molar-refractivity contribution in [2.75, 3.05) is 0 Å². The molecular weight excluding hydrogens is 377 g/mol. The predicted molar refractivity (Wildman–Crippen MR) is 116 cm³/mol. The minimum atomic E-state index is -0.318. The maximum Gasteiger partial charge on any atom is 0.149 e. The van der Waals surface area contributed by atoms with Gasteiger partial charge in [0.25, 0.3) is 0 Å². The maximum atomic E-state index is 13.8. The summed E-state index contributed by atoms with van der Waals surface area (Å²) in [6.07, 6.45) is 1.80. The molecule has 0 spiro atoms. The summed E-state index contributed by atoms with van der Waals surface area (Å²) in [5, 5.41) is 1.82. The summed E-state index contributed by atoms with van der Waals surface area (Å²) < 4.78 is 22.0. The summed E-state index contributed by atoms with van der Waals surface area (Å²) in [5.74, 6) is 0.443. The lowest BCUT2D eigenvalue weighted by Crippen LogP contribution is -1.97. The Morgan fingerprint density at radius 1 is 0.900 bits per heavy atom. The van der Waals surface area contributed by atoms with Gasteiger partial charge in [-0.3, -0.25) is 9.55 Å². The lowest BCUT2D eigenvalue weighted by atomic mass is 10.1. The standard InChI is InChI=1S/C25H16FN3O/c1-15-23-21(12-13-27-15)29(17-6-3-2-4-7-17)25(28-23)20-9-5-8-19-18-11-10-16(26)14-22(18)30-24(19)20/h2-14H,1H3. The van der Waals surface area contributed by atoms with E-state index >= 15 is 0 Å². The number of hydrogen-bond acceptors (Lipinski definition) is 3. The molecule has 0 N–H and O–H groups in total. The molecule has 0 unspecified atom stereocenters. The van der Waals surface area contributed by atoms with E-state index in [0.717, 1.165) is 44.6 Å². The Labute approximate surface area is 171 Å². The molecule has 0 saturated carbocycles. The molecule has 0 amide bonds. The predicted octanol–water partition coefficient (Wildman–Crippen LogP) is 6.43. The van der Waals surface area contributed by atoms with Gasteiger partial charge in [0.1, 0.15) is 28.3 Å². The number of pyridine rings is 1. The van der Waals surface area contributed by atoms with Crippen molar-refractivity contribution < 1.29 is 8.81 Å². The highest BCUT2D eigenvalue weighted by Gasteiger charge is 2.20. The van der Waals surface area contributed by atoms with E-state index in [2.05, 4.69) is 21.7 Å². The molecule has 3 heterocycles. The van der Waals surface area contributed by atoms with Crippen molar-refractivity contribution >= 4 is 33.0 Å². The van der Waals surface area contributed by atoms with Crippen LogP contribution in [0.15, 0.2) is 83.4 Å². The van der Waals surface area contributed by atoms with Gasteiger partial charge < -0.3 is 4.42 Å². The largest absolute Gasteiger partial charge is 0.455 e. The molecule has 0 atom stereocenters. The molecule has 0 radical (unpaired) electrons. The maximum absolute atomic E-state index is 13.8. The van der Waals surface area contributed by atoms with Crippen molar-refractivity contribution in [1.82, 2.24) is 14.5 Å². The Morgan fingerprint density at radius 2 is 1.77 bits per heavy atom. The van der Waals surface area contributed by atoms with E-state index in [1.807, 2.05) is 49.4 Å². The molecular formula is C25H16FN3O. The van der Waals surface area contributed by atoms with Crippen LogP contribution in [0, 0.1) is 12.7 Å². The fourth-order valence-corrected chi connectivity index (χ4v) is 4.10. The number of halogens is 1. The molecule has 6 aromatic rings. The van der Waals surface area contributed by atoms with Gasteiger partial charge >= 0.3 is 0 Å². The molecule has 30 heavy (non-hydrogen) atoms. The van der Waals surface area contributed by atoms with E-state index in [1.165, 1.54) is 12.1 Å². The third kappa shape index (κ3) is 2.38. The number of furan rings is 1.